The molecule has 1 aliphatic rings. The van der Waals surface area contributed by atoms with E-state index in [1.165, 1.54) is 11.1 Å². The third-order valence-corrected chi connectivity index (χ3v) is 5.37. The van der Waals surface area contributed by atoms with Crippen molar-refractivity contribution in [2.24, 2.45) is 0 Å². The minimum atomic E-state index is -1.21. The van der Waals surface area contributed by atoms with Gasteiger partial charge in [0, 0.05) is 6.42 Å². The van der Waals surface area contributed by atoms with Gasteiger partial charge in [-0.05, 0) is 41.5 Å². The monoisotopic (exact) mass is 351 g/mol. The van der Waals surface area contributed by atoms with E-state index in [1.807, 2.05) is 24.3 Å². The molecular weight excluding hydrogens is 322 g/mol. The number of nitrogens with one attached hydrogen (secondary N) is 1. The van der Waals surface area contributed by atoms with Gasteiger partial charge < -0.3 is 10.4 Å². The fourth-order valence-electron chi connectivity index (χ4n) is 3.92. The van der Waals surface area contributed by atoms with Gasteiger partial charge in [-0.1, -0.05) is 75.2 Å². The van der Waals surface area contributed by atoms with Crippen LogP contribution in [-0.4, -0.2) is 17.1 Å². The molecule has 1 fully saturated rings. The summed E-state index contributed by atoms with van der Waals surface area (Å²) in [5, 5.41) is 14.8. The van der Waals surface area contributed by atoms with Crippen molar-refractivity contribution >= 4 is 5.91 Å². The van der Waals surface area contributed by atoms with Crippen LogP contribution in [0.1, 0.15) is 61.8 Å². The van der Waals surface area contributed by atoms with Gasteiger partial charge in [-0.15, -0.1) is 0 Å². The van der Waals surface area contributed by atoms with E-state index in [-0.39, 0.29) is 11.9 Å². The Morgan fingerprint density at radius 1 is 0.923 bits per heavy atom. The second kappa shape index (κ2) is 8.05. The van der Waals surface area contributed by atoms with Crippen LogP contribution in [0, 0.1) is 0 Å². The largest absolute Gasteiger partial charge is 0.378 e. The first-order valence-corrected chi connectivity index (χ1v) is 9.78. The molecule has 1 atom stereocenters. The molecule has 3 rings (SSSR count). The summed E-state index contributed by atoms with van der Waals surface area (Å²) in [6, 6.07) is 16.1. The van der Waals surface area contributed by atoms with Crippen LogP contribution in [-0.2, 0) is 23.2 Å². The molecule has 0 radical (unpaired) electrons. The fourth-order valence-corrected chi connectivity index (χ4v) is 3.92. The molecule has 0 unspecified atom stereocenters. The van der Waals surface area contributed by atoms with Crippen molar-refractivity contribution in [3.05, 3.63) is 70.8 Å². The predicted octanol–water partition coefficient (Wildman–Crippen LogP) is 4.11. The number of rotatable bonds is 7. The highest BCUT2D eigenvalue weighted by Crippen LogP contribution is 2.37. The number of amides is 1. The number of hydrogen-bond acceptors (Lipinski definition) is 2. The molecule has 2 aromatic carbocycles. The third-order valence-electron chi connectivity index (χ3n) is 5.37. The molecule has 1 heterocycles. The van der Waals surface area contributed by atoms with Crippen molar-refractivity contribution in [3.63, 3.8) is 0 Å². The van der Waals surface area contributed by atoms with Crippen LogP contribution in [0.25, 0.3) is 0 Å². The highest BCUT2D eigenvalue weighted by Gasteiger charge is 2.43. The highest BCUT2D eigenvalue weighted by atomic mass is 16.3. The van der Waals surface area contributed by atoms with Crippen LogP contribution in [0.5, 0.6) is 0 Å². The molecule has 3 heteroatoms. The molecule has 0 bridgehead atoms. The van der Waals surface area contributed by atoms with Crippen LogP contribution >= 0.6 is 0 Å². The summed E-state index contributed by atoms with van der Waals surface area (Å²) in [7, 11) is 0. The molecule has 2 aromatic rings. The Labute approximate surface area is 156 Å². The maximum atomic E-state index is 11.8. The van der Waals surface area contributed by atoms with Crippen molar-refractivity contribution in [1.82, 2.24) is 5.32 Å². The lowest BCUT2D eigenvalue weighted by atomic mass is 9.79. The van der Waals surface area contributed by atoms with E-state index in [9.17, 15) is 9.90 Å². The Kier molecular flexibility index (Phi) is 5.77. The van der Waals surface area contributed by atoms with Crippen LogP contribution in [0.2, 0.25) is 0 Å². The topological polar surface area (TPSA) is 49.3 Å². The molecule has 0 spiro atoms. The zero-order valence-corrected chi connectivity index (χ0v) is 15.8. The first kappa shape index (κ1) is 18.7. The van der Waals surface area contributed by atoms with Crippen LogP contribution < -0.4 is 5.32 Å². The molecule has 2 N–H and O–H groups in total. The summed E-state index contributed by atoms with van der Waals surface area (Å²) in [6.07, 6.45) is 5.37. The average Bonchev–Trinajstić information content (AvgIpc) is 3.10. The Balaban J connectivity index is 2.00. The number of carbonyl (C=O) groups is 1. The minimum Gasteiger partial charge on any atom is -0.378 e. The quantitative estimate of drug-likeness (QED) is 0.789. The van der Waals surface area contributed by atoms with Crippen molar-refractivity contribution in [3.8, 4) is 0 Å². The van der Waals surface area contributed by atoms with Gasteiger partial charge in [0.05, 0.1) is 6.04 Å². The number of aryl methyl sites for hydroxylation is 2. The van der Waals surface area contributed by atoms with Crippen molar-refractivity contribution < 1.29 is 9.90 Å². The summed E-state index contributed by atoms with van der Waals surface area (Å²) in [6.45, 7) is 4.33. The standard InChI is InChI=1S/C23H29NO2/c1-3-5-17-7-11-19(12-8-17)23(26,21-15-16-22(25)24-21)20-13-9-18(6-4-2)10-14-20/h7-14,21,26H,3-6,15-16H2,1-2H3,(H,24,25)/t21-/m0/s1. The van der Waals surface area contributed by atoms with Gasteiger partial charge in [0.1, 0.15) is 5.60 Å². The Hall–Kier alpha value is -2.13. The zero-order chi connectivity index (χ0) is 18.6. The van der Waals surface area contributed by atoms with Gasteiger partial charge >= 0.3 is 0 Å². The lowest BCUT2D eigenvalue weighted by molar-refractivity contribution is -0.120. The number of benzene rings is 2. The lowest BCUT2D eigenvalue weighted by Gasteiger charge is -2.35. The van der Waals surface area contributed by atoms with E-state index in [1.54, 1.807) is 0 Å². The zero-order valence-electron chi connectivity index (χ0n) is 15.8. The van der Waals surface area contributed by atoms with Crippen LogP contribution in [0.4, 0.5) is 0 Å². The van der Waals surface area contributed by atoms with E-state index in [0.717, 1.165) is 36.8 Å². The third kappa shape index (κ3) is 3.68. The molecule has 3 nitrogen and oxygen atoms in total. The molecule has 26 heavy (non-hydrogen) atoms. The summed E-state index contributed by atoms with van der Waals surface area (Å²) in [5.41, 5.74) is 3.02. The van der Waals surface area contributed by atoms with Gasteiger partial charge in [-0.3, -0.25) is 4.79 Å². The first-order chi connectivity index (χ1) is 12.6. The van der Waals surface area contributed by atoms with Gasteiger partial charge in [0.25, 0.3) is 0 Å². The maximum absolute atomic E-state index is 11.8. The predicted molar refractivity (Wildman–Crippen MR) is 105 cm³/mol. The van der Waals surface area contributed by atoms with Gasteiger partial charge in [-0.2, -0.15) is 0 Å². The van der Waals surface area contributed by atoms with Crippen molar-refractivity contribution in [1.29, 1.82) is 0 Å². The fraction of sp³-hybridized carbons (Fsp3) is 0.435. The summed E-state index contributed by atoms with van der Waals surface area (Å²) >= 11 is 0. The van der Waals surface area contributed by atoms with Gasteiger partial charge in [-0.25, -0.2) is 0 Å². The lowest BCUT2D eigenvalue weighted by Crippen LogP contribution is -2.47. The van der Waals surface area contributed by atoms with E-state index in [4.69, 9.17) is 0 Å². The van der Waals surface area contributed by atoms with E-state index >= 15 is 0 Å². The molecule has 1 amide bonds. The van der Waals surface area contributed by atoms with E-state index in [0.29, 0.717) is 12.8 Å². The number of hydrogen-bond donors (Lipinski definition) is 2. The van der Waals surface area contributed by atoms with Crippen molar-refractivity contribution in [2.75, 3.05) is 0 Å². The Morgan fingerprint density at radius 3 is 1.73 bits per heavy atom. The molecular formula is C23H29NO2. The van der Waals surface area contributed by atoms with Crippen molar-refractivity contribution in [2.45, 2.75) is 64.0 Å². The van der Waals surface area contributed by atoms with E-state index < -0.39 is 5.60 Å². The molecule has 0 aliphatic carbocycles. The highest BCUT2D eigenvalue weighted by molar-refractivity contribution is 5.79. The summed E-state index contributed by atoms with van der Waals surface area (Å²) < 4.78 is 0. The smallest absolute Gasteiger partial charge is 0.220 e. The first-order valence-electron chi connectivity index (χ1n) is 9.78. The maximum Gasteiger partial charge on any atom is 0.220 e. The SMILES string of the molecule is CCCc1ccc(C(O)(c2ccc(CCC)cc2)[C@@H]2CCC(=O)N2)cc1. The molecule has 1 aliphatic heterocycles. The van der Waals surface area contributed by atoms with E-state index in [2.05, 4.69) is 43.4 Å². The second-order valence-electron chi connectivity index (χ2n) is 7.32. The number of aliphatic hydroxyl groups is 1. The average molecular weight is 351 g/mol. The van der Waals surface area contributed by atoms with Crippen LogP contribution in [0.3, 0.4) is 0 Å². The second-order valence-corrected chi connectivity index (χ2v) is 7.32. The minimum absolute atomic E-state index is 0.0126. The molecule has 0 saturated carbocycles. The Bertz CT molecular complexity index is 684. The number of carbonyl (C=O) groups excluding carboxylic acids is 1. The van der Waals surface area contributed by atoms with Gasteiger partial charge in [0.15, 0.2) is 0 Å². The molecule has 0 aromatic heterocycles. The summed E-state index contributed by atoms with van der Waals surface area (Å²) in [4.78, 5) is 11.8. The summed E-state index contributed by atoms with van der Waals surface area (Å²) in [5.74, 6) is 0.0126. The Morgan fingerprint density at radius 2 is 1.38 bits per heavy atom. The normalized spacial score (nSPS) is 17.3. The van der Waals surface area contributed by atoms with Crippen LogP contribution in [0.15, 0.2) is 48.5 Å². The molecule has 138 valence electrons. The molecule has 1 saturated heterocycles. The van der Waals surface area contributed by atoms with Gasteiger partial charge in [0.2, 0.25) is 5.91 Å².